The van der Waals surface area contributed by atoms with Gasteiger partial charge in [0.15, 0.2) is 0 Å². The van der Waals surface area contributed by atoms with Gasteiger partial charge in [-0.15, -0.1) is 0 Å². The van der Waals surface area contributed by atoms with Crippen LogP contribution in [0.4, 0.5) is 13.2 Å². The average molecular weight is 351 g/mol. The molecule has 0 heterocycles. The first-order chi connectivity index (χ1) is 11.9. The maximum atomic E-state index is 13.7. The number of esters is 1. The van der Waals surface area contributed by atoms with Crippen molar-refractivity contribution in [1.82, 2.24) is 5.32 Å². The van der Waals surface area contributed by atoms with E-state index in [2.05, 4.69) is 10.1 Å². The van der Waals surface area contributed by atoms with Crippen LogP contribution < -0.4 is 5.32 Å². The zero-order valence-electron chi connectivity index (χ0n) is 13.4. The molecule has 1 amide bonds. The molecule has 0 bridgehead atoms. The highest BCUT2D eigenvalue weighted by molar-refractivity contribution is 5.85. The summed E-state index contributed by atoms with van der Waals surface area (Å²) in [7, 11) is 1.14. The van der Waals surface area contributed by atoms with Crippen LogP contribution in [0.15, 0.2) is 42.5 Å². The number of benzene rings is 2. The highest BCUT2D eigenvalue weighted by Crippen LogP contribution is 2.12. The Balaban J connectivity index is 2.09. The lowest BCUT2D eigenvalue weighted by Crippen LogP contribution is -2.43. The molecule has 1 atom stereocenters. The van der Waals surface area contributed by atoms with Gasteiger partial charge in [-0.3, -0.25) is 4.79 Å². The van der Waals surface area contributed by atoms with Gasteiger partial charge in [0.25, 0.3) is 0 Å². The number of halogens is 3. The zero-order chi connectivity index (χ0) is 18.4. The molecule has 0 aliphatic rings. The fraction of sp³-hybridized carbons (Fsp3) is 0.222. The molecule has 132 valence electrons. The summed E-state index contributed by atoms with van der Waals surface area (Å²) in [5, 5.41) is 2.39. The molecule has 0 fully saturated rings. The minimum Gasteiger partial charge on any atom is -0.467 e. The fourth-order valence-corrected chi connectivity index (χ4v) is 2.30. The van der Waals surface area contributed by atoms with Gasteiger partial charge in [-0.05, 0) is 23.3 Å². The van der Waals surface area contributed by atoms with Crippen molar-refractivity contribution in [3.63, 3.8) is 0 Å². The van der Waals surface area contributed by atoms with Crippen LogP contribution in [-0.2, 0) is 27.2 Å². The number of rotatable bonds is 6. The van der Waals surface area contributed by atoms with E-state index < -0.39 is 41.8 Å². The van der Waals surface area contributed by atoms with E-state index in [-0.39, 0.29) is 17.5 Å². The van der Waals surface area contributed by atoms with Gasteiger partial charge in [0.2, 0.25) is 5.91 Å². The number of nitrogens with one attached hydrogen (secondary N) is 1. The number of methoxy groups -OCH3 is 1. The van der Waals surface area contributed by atoms with Gasteiger partial charge in [0.1, 0.15) is 23.5 Å². The van der Waals surface area contributed by atoms with Crippen molar-refractivity contribution in [2.75, 3.05) is 7.11 Å². The van der Waals surface area contributed by atoms with E-state index in [4.69, 9.17) is 0 Å². The van der Waals surface area contributed by atoms with Crippen molar-refractivity contribution < 1.29 is 27.5 Å². The van der Waals surface area contributed by atoms with Crippen LogP contribution in [-0.4, -0.2) is 25.0 Å². The minimum atomic E-state index is -1.13. The van der Waals surface area contributed by atoms with Gasteiger partial charge >= 0.3 is 5.97 Å². The third kappa shape index (κ3) is 5.07. The molecule has 0 saturated heterocycles. The summed E-state index contributed by atoms with van der Waals surface area (Å²) in [5.41, 5.74) is 0.208. The third-order valence-electron chi connectivity index (χ3n) is 3.57. The number of carbonyl (C=O) groups excluding carboxylic acids is 2. The van der Waals surface area contributed by atoms with Gasteiger partial charge in [-0.2, -0.15) is 0 Å². The summed E-state index contributed by atoms with van der Waals surface area (Å²) in [6, 6.07) is 7.54. The van der Waals surface area contributed by atoms with Crippen LogP contribution >= 0.6 is 0 Å². The highest BCUT2D eigenvalue weighted by atomic mass is 19.1. The molecule has 0 radical (unpaired) electrons. The van der Waals surface area contributed by atoms with E-state index in [1.807, 2.05) is 0 Å². The Bertz CT molecular complexity index is 780. The predicted octanol–water partition coefficient (Wildman–Crippen LogP) is 2.55. The highest BCUT2D eigenvalue weighted by Gasteiger charge is 2.23. The molecule has 0 aliphatic heterocycles. The first kappa shape index (κ1) is 18.5. The Morgan fingerprint density at radius 1 is 1.04 bits per heavy atom. The van der Waals surface area contributed by atoms with Crippen molar-refractivity contribution >= 4 is 11.9 Å². The molecule has 0 aromatic heterocycles. The summed E-state index contributed by atoms with van der Waals surface area (Å²) in [6.45, 7) is 0. The van der Waals surface area contributed by atoms with Crippen molar-refractivity contribution in [2.45, 2.75) is 18.9 Å². The van der Waals surface area contributed by atoms with Gasteiger partial charge < -0.3 is 10.1 Å². The van der Waals surface area contributed by atoms with E-state index in [0.717, 1.165) is 19.2 Å². The van der Waals surface area contributed by atoms with Crippen LogP contribution in [0.3, 0.4) is 0 Å². The summed E-state index contributed by atoms with van der Waals surface area (Å²) in [6.07, 6.45) is -0.506. The van der Waals surface area contributed by atoms with E-state index in [1.54, 1.807) is 6.07 Å². The molecule has 4 nitrogen and oxygen atoms in total. The molecule has 0 spiro atoms. The topological polar surface area (TPSA) is 55.4 Å². The summed E-state index contributed by atoms with van der Waals surface area (Å²) in [5.74, 6) is -3.56. The lowest BCUT2D eigenvalue weighted by atomic mass is 10.0. The molecule has 25 heavy (non-hydrogen) atoms. The maximum Gasteiger partial charge on any atom is 0.328 e. The minimum absolute atomic E-state index is 0.0200. The molecule has 2 rings (SSSR count). The average Bonchev–Trinajstić information content (AvgIpc) is 2.58. The second-order valence-corrected chi connectivity index (χ2v) is 5.35. The summed E-state index contributed by atoms with van der Waals surface area (Å²) < 4.78 is 44.9. The standard InChI is InChI=1S/C18H16F3NO3/c1-25-18(24)16(8-11-4-2-3-5-14(11)20)22-17(23)9-12-6-7-13(19)10-15(12)21/h2-7,10,16H,8-9H2,1H3,(H,22,23)/t16-/m0/s1. The van der Waals surface area contributed by atoms with Gasteiger partial charge in [-0.1, -0.05) is 24.3 Å². The monoisotopic (exact) mass is 351 g/mol. The third-order valence-corrected chi connectivity index (χ3v) is 3.57. The zero-order valence-corrected chi connectivity index (χ0v) is 13.4. The second-order valence-electron chi connectivity index (χ2n) is 5.35. The number of hydrogen-bond donors (Lipinski definition) is 1. The normalized spacial score (nSPS) is 11.7. The van der Waals surface area contributed by atoms with Crippen LogP contribution in [0, 0.1) is 17.5 Å². The largest absolute Gasteiger partial charge is 0.467 e. The van der Waals surface area contributed by atoms with Crippen LogP contribution in [0.5, 0.6) is 0 Å². The molecular formula is C18H16F3NO3. The smallest absolute Gasteiger partial charge is 0.328 e. The SMILES string of the molecule is COC(=O)[C@H](Cc1ccccc1F)NC(=O)Cc1ccc(F)cc1F. The van der Waals surface area contributed by atoms with E-state index in [0.29, 0.717) is 6.07 Å². The number of carbonyl (C=O) groups is 2. The maximum absolute atomic E-state index is 13.7. The summed E-state index contributed by atoms with van der Waals surface area (Å²) in [4.78, 5) is 23.9. The van der Waals surface area contributed by atoms with E-state index in [1.165, 1.54) is 18.2 Å². The fourth-order valence-electron chi connectivity index (χ4n) is 2.30. The molecule has 1 N–H and O–H groups in total. The predicted molar refractivity (Wildman–Crippen MR) is 84.1 cm³/mol. The Morgan fingerprint density at radius 2 is 1.76 bits per heavy atom. The number of amides is 1. The summed E-state index contributed by atoms with van der Waals surface area (Å²) >= 11 is 0. The first-order valence-electron chi connectivity index (χ1n) is 7.45. The van der Waals surface area contributed by atoms with Gasteiger partial charge in [0, 0.05) is 12.5 Å². The number of hydrogen-bond acceptors (Lipinski definition) is 3. The lowest BCUT2D eigenvalue weighted by molar-refractivity contribution is -0.145. The Labute approximate surface area is 142 Å². The Hall–Kier alpha value is -2.83. The molecule has 7 heteroatoms. The van der Waals surface area contributed by atoms with E-state index in [9.17, 15) is 22.8 Å². The van der Waals surface area contributed by atoms with Crippen LogP contribution in [0.2, 0.25) is 0 Å². The van der Waals surface area contributed by atoms with Crippen LogP contribution in [0.25, 0.3) is 0 Å². The Kier molecular flexibility index (Phi) is 6.16. The van der Waals surface area contributed by atoms with Crippen LogP contribution in [0.1, 0.15) is 11.1 Å². The molecule has 0 saturated carbocycles. The van der Waals surface area contributed by atoms with Gasteiger partial charge in [-0.25, -0.2) is 18.0 Å². The Morgan fingerprint density at radius 3 is 2.40 bits per heavy atom. The quantitative estimate of drug-likeness (QED) is 0.814. The van der Waals surface area contributed by atoms with Crippen molar-refractivity contribution in [2.24, 2.45) is 0 Å². The van der Waals surface area contributed by atoms with Gasteiger partial charge in [0.05, 0.1) is 13.5 Å². The molecule has 2 aromatic carbocycles. The first-order valence-corrected chi connectivity index (χ1v) is 7.45. The molecule has 2 aromatic rings. The lowest BCUT2D eigenvalue weighted by Gasteiger charge is -2.17. The van der Waals surface area contributed by atoms with E-state index >= 15 is 0 Å². The van der Waals surface area contributed by atoms with Crippen molar-refractivity contribution in [3.05, 3.63) is 71.0 Å². The van der Waals surface area contributed by atoms with Crippen molar-refractivity contribution in [3.8, 4) is 0 Å². The van der Waals surface area contributed by atoms with Crippen molar-refractivity contribution in [1.29, 1.82) is 0 Å². The molecule has 0 aliphatic carbocycles. The number of ether oxygens (including phenoxy) is 1. The molecular weight excluding hydrogens is 335 g/mol. The molecule has 0 unspecified atom stereocenters. The second kappa shape index (κ2) is 8.32.